The molecule has 0 spiro atoms. The van der Waals surface area contributed by atoms with Crippen molar-refractivity contribution in [1.82, 2.24) is 4.90 Å². The van der Waals surface area contributed by atoms with Crippen LogP contribution in [0.5, 0.6) is 5.75 Å². The van der Waals surface area contributed by atoms with Crippen LogP contribution in [0.3, 0.4) is 0 Å². The molecule has 7 heteroatoms. The molecule has 1 aromatic heterocycles. The number of Topliss-reactive ketones (excluding diaryl/α,β-unsaturated/α-hetero) is 1. The summed E-state index contributed by atoms with van der Waals surface area (Å²) >= 11 is 0. The number of nitrogens with zero attached hydrogens (tertiary/aromatic N) is 1. The van der Waals surface area contributed by atoms with E-state index in [9.17, 15) is 14.7 Å². The molecular weight excluding hydrogens is 470 g/mol. The van der Waals surface area contributed by atoms with Gasteiger partial charge in [0.05, 0.1) is 18.2 Å². The Labute approximate surface area is 214 Å². The molecule has 0 saturated carbocycles. The third-order valence-electron chi connectivity index (χ3n) is 6.59. The predicted molar refractivity (Wildman–Crippen MR) is 138 cm³/mol. The van der Waals surface area contributed by atoms with E-state index in [0.29, 0.717) is 23.5 Å². The van der Waals surface area contributed by atoms with Crippen LogP contribution < -0.4 is 4.74 Å². The molecule has 37 heavy (non-hydrogen) atoms. The quantitative estimate of drug-likeness (QED) is 0.305. The summed E-state index contributed by atoms with van der Waals surface area (Å²) < 4.78 is 16.9. The highest BCUT2D eigenvalue weighted by atomic mass is 16.5. The maximum absolute atomic E-state index is 13.6. The van der Waals surface area contributed by atoms with Gasteiger partial charge < -0.3 is 23.9 Å². The monoisotopic (exact) mass is 497 g/mol. The second-order valence-corrected chi connectivity index (χ2v) is 8.92. The maximum atomic E-state index is 13.6. The summed E-state index contributed by atoms with van der Waals surface area (Å²) in [4.78, 5) is 28.1. The van der Waals surface area contributed by atoms with Crippen LogP contribution in [0.1, 0.15) is 33.3 Å². The molecule has 0 saturated heterocycles. The maximum Gasteiger partial charge on any atom is 0.290 e. The van der Waals surface area contributed by atoms with Crippen molar-refractivity contribution >= 4 is 22.7 Å². The number of ether oxygens (including phenoxy) is 2. The first-order valence-corrected chi connectivity index (χ1v) is 12.0. The van der Waals surface area contributed by atoms with Crippen molar-refractivity contribution in [2.45, 2.75) is 19.6 Å². The lowest BCUT2D eigenvalue weighted by molar-refractivity contribution is -0.130. The number of rotatable bonds is 9. The molecule has 1 unspecified atom stereocenters. The Morgan fingerprint density at radius 2 is 1.76 bits per heavy atom. The highest BCUT2D eigenvalue weighted by Crippen LogP contribution is 2.40. The van der Waals surface area contributed by atoms with Gasteiger partial charge in [-0.05, 0) is 47.9 Å². The lowest BCUT2D eigenvalue weighted by atomic mass is 9.95. The fraction of sp³-hybridized carbons (Fsp3) is 0.200. The molecule has 0 aliphatic carbocycles. The van der Waals surface area contributed by atoms with Gasteiger partial charge in [-0.15, -0.1) is 0 Å². The van der Waals surface area contributed by atoms with Crippen molar-refractivity contribution in [2.24, 2.45) is 0 Å². The number of carbonyl (C=O) groups excluding carboxylic acids is 2. The number of aliphatic hydroxyl groups excluding tert-OH is 1. The minimum atomic E-state index is -0.797. The lowest BCUT2D eigenvalue weighted by Crippen LogP contribution is -2.34. The van der Waals surface area contributed by atoms with E-state index in [-0.39, 0.29) is 24.5 Å². The minimum absolute atomic E-state index is 0.0197. The number of aliphatic hydroxyl groups is 1. The van der Waals surface area contributed by atoms with Crippen molar-refractivity contribution in [3.63, 3.8) is 0 Å². The number of benzene rings is 3. The number of hydrogen-bond acceptors (Lipinski definition) is 6. The molecule has 1 aliphatic heterocycles. The van der Waals surface area contributed by atoms with Crippen LogP contribution >= 0.6 is 0 Å². The van der Waals surface area contributed by atoms with E-state index in [1.807, 2.05) is 49.4 Å². The van der Waals surface area contributed by atoms with Crippen LogP contribution in [-0.2, 0) is 16.1 Å². The number of para-hydroxylation sites is 1. The first-order valence-electron chi connectivity index (χ1n) is 12.0. The highest BCUT2D eigenvalue weighted by Gasteiger charge is 2.44. The number of aryl methyl sites for hydroxylation is 1. The first kappa shape index (κ1) is 24.3. The normalized spacial score (nSPS) is 15.6. The van der Waals surface area contributed by atoms with Crippen molar-refractivity contribution in [2.75, 3.05) is 20.3 Å². The third-order valence-corrected chi connectivity index (χ3v) is 6.59. The molecule has 1 aliphatic rings. The van der Waals surface area contributed by atoms with Crippen molar-refractivity contribution in [1.29, 1.82) is 0 Å². The SMILES string of the molecule is COCCN1C(=O)C(O)=C(C(=O)c2cc3ccccc3o2)C1c1ccc(OCc2ccccc2C)cc1. The van der Waals surface area contributed by atoms with E-state index in [0.717, 1.165) is 16.5 Å². The number of carbonyl (C=O) groups is 2. The van der Waals surface area contributed by atoms with Crippen LogP contribution in [0.2, 0.25) is 0 Å². The van der Waals surface area contributed by atoms with E-state index in [4.69, 9.17) is 13.9 Å². The second-order valence-electron chi connectivity index (χ2n) is 8.92. The van der Waals surface area contributed by atoms with E-state index in [1.54, 1.807) is 36.4 Å². The average Bonchev–Trinajstić information content (AvgIpc) is 3.46. The first-order chi connectivity index (χ1) is 18.0. The number of ketones is 1. The molecule has 0 radical (unpaired) electrons. The molecule has 1 atom stereocenters. The van der Waals surface area contributed by atoms with Crippen LogP contribution in [0.25, 0.3) is 11.0 Å². The Morgan fingerprint density at radius 3 is 2.49 bits per heavy atom. The van der Waals surface area contributed by atoms with E-state index in [1.165, 1.54) is 12.0 Å². The molecule has 3 aromatic carbocycles. The Balaban J connectivity index is 1.45. The van der Waals surface area contributed by atoms with E-state index in [2.05, 4.69) is 0 Å². The van der Waals surface area contributed by atoms with Gasteiger partial charge in [-0.3, -0.25) is 9.59 Å². The van der Waals surface area contributed by atoms with Gasteiger partial charge in [0.2, 0.25) is 5.78 Å². The average molecular weight is 498 g/mol. The molecule has 4 aromatic rings. The van der Waals surface area contributed by atoms with Crippen molar-refractivity contribution in [3.8, 4) is 5.75 Å². The Kier molecular flexibility index (Phi) is 6.79. The molecular formula is C30H27NO6. The molecule has 188 valence electrons. The zero-order valence-corrected chi connectivity index (χ0v) is 20.6. The van der Waals surface area contributed by atoms with Crippen molar-refractivity contribution < 1.29 is 28.6 Å². The number of amides is 1. The van der Waals surface area contributed by atoms with E-state index >= 15 is 0 Å². The molecule has 7 nitrogen and oxygen atoms in total. The number of hydrogen-bond donors (Lipinski definition) is 1. The number of fused-ring (bicyclic) bond motifs is 1. The minimum Gasteiger partial charge on any atom is -0.503 e. The summed E-state index contributed by atoms with van der Waals surface area (Å²) in [5, 5.41) is 11.6. The van der Waals surface area contributed by atoms with Gasteiger partial charge in [0.25, 0.3) is 5.91 Å². The summed E-state index contributed by atoms with van der Waals surface area (Å²) in [6, 6.07) is 23.3. The van der Waals surface area contributed by atoms with Crippen molar-refractivity contribution in [3.05, 3.63) is 113 Å². The standard InChI is InChI=1S/C30H27NO6/c1-19-7-3-4-9-22(19)18-36-23-13-11-20(12-14-23)27-26(29(33)30(34)31(27)15-16-35-2)28(32)25-17-21-8-5-6-10-24(21)37-25/h3-14,17,27,33H,15-16,18H2,1-2H3. The van der Waals surface area contributed by atoms with Crippen LogP contribution in [0.15, 0.2) is 94.6 Å². The molecule has 1 amide bonds. The predicted octanol–water partition coefficient (Wildman–Crippen LogP) is 5.54. The summed E-state index contributed by atoms with van der Waals surface area (Å²) in [6.45, 7) is 2.91. The Bertz CT molecular complexity index is 1450. The second kappa shape index (κ2) is 10.3. The van der Waals surface area contributed by atoms with Gasteiger partial charge in [0.15, 0.2) is 11.5 Å². The molecule has 0 bridgehead atoms. The Morgan fingerprint density at radius 1 is 1.03 bits per heavy atom. The molecule has 0 fully saturated rings. The van der Waals surface area contributed by atoms with E-state index < -0.39 is 23.5 Å². The molecule has 1 N–H and O–H groups in total. The third kappa shape index (κ3) is 4.73. The summed E-state index contributed by atoms with van der Waals surface area (Å²) in [6.07, 6.45) is 0. The van der Waals surface area contributed by atoms with Gasteiger partial charge >= 0.3 is 0 Å². The van der Waals surface area contributed by atoms with Gasteiger partial charge in [-0.25, -0.2) is 0 Å². The number of furan rings is 1. The fourth-order valence-electron chi connectivity index (χ4n) is 4.56. The fourth-order valence-corrected chi connectivity index (χ4v) is 4.56. The summed E-state index contributed by atoms with van der Waals surface area (Å²) in [5.74, 6) is -1.02. The smallest absolute Gasteiger partial charge is 0.290 e. The largest absolute Gasteiger partial charge is 0.503 e. The topological polar surface area (TPSA) is 89.2 Å². The lowest BCUT2D eigenvalue weighted by Gasteiger charge is -2.26. The van der Waals surface area contributed by atoms with Crippen LogP contribution in [-0.4, -0.2) is 42.0 Å². The number of methoxy groups -OCH3 is 1. The zero-order valence-electron chi connectivity index (χ0n) is 20.6. The van der Waals surface area contributed by atoms with Gasteiger partial charge in [-0.2, -0.15) is 0 Å². The molecule has 5 rings (SSSR count). The van der Waals surface area contributed by atoms with Gasteiger partial charge in [0.1, 0.15) is 17.9 Å². The molecule has 2 heterocycles. The summed E-state index contributed by atoms with van der Waals surface area (Å²) in [7, 11) is 1.53. The summed E-state index contributed by atoms with van der Waals surface area (Å²) in [5.41, 5.74) is 3.43. The Hall–Kier alpha value is -4.36. The van der Waals surface area contributed by atoms with Crippen LogP contribution in [0.4, 0.5) is 0 Å². The zero-order chi connectivity index (χ0) is 25.9. The van der Waals surface area contributed by atoms with Gasteiger partial charge in [0, 0.05) is 19.0 Å². The van der Waals surface area contributed by atoms with Gasteiger partial charge in [-0.1, -0.05) is 54.6 Å². The van der Waals surface area contributed by atoms with Crippen LogP contribution in [0, 0.1) is 6.92 Å². The highest BCUT2D eigenvalue weighted by molar-refractivity contribution is 6.16.